The average Bonchev–Trinajstić information content (AvgIpc) is 2.98. The van der Waals surface area contributed by atoms with Crippen LogP contribution in [0.25, 0.3) is 0 Å². The lowest BCUT2D eigenvalue weighted by molar-refractivity contribution is 0.102. The predicted octanol–water partition coefficient (Wildman–Crippen LogP) is 3.24. The zero-order valence-electron chi connectivity index (χ0n) is 14.4. The summed E-state index contributed by atoms with van der Waals surface area (Å²) in [6.07, 6.45) is 0. The number of carbonyl (C=O) groups is 1. The van der Waals surface area contributed by atoms with Crippen molar-refractivity contribution in [3.8, 4) is 5.75 Å². The molecule has 0 atom stereocenters. The van der Waals surface area contributed by atoms with Crippen molar-refractivity contribution in [2.45, 2.75) is 13.5 Å². The molecular weight excluding hydrogens is 398 g/mol. The number of hydrogen-bond acceptors (Lipinski definition) is 5. The summed E-state index contributed by atoms with van der Waals surface area (Å²) in [6, 6.07) is 13.3. The molecule has 1 heterocycles. The van der Waals surface area contributed by atoms with E-state index >= 15 is 0 Å². The first kappa shape index (κ1) is 17.9. The summed E-state index contributed by atoms with van der Waals surface area (Å²) in [4.78, 5) is 12.6. The van der Waals surface area contributed by atoms with Gasteiger partial charge in [-0.15, -0.1) is 5.10 Å². The Morgan fingerprint density at radius 3 is 2.69 bits per heavy atom. The van der Waals surface area contributed by atoms with E-state index in [2.05, 4.69) is 31.6 Å². The van der Waals surface area contributed by atoms with Gasteiger partial charge in [0.25, 0.3) is 5.91 Å². The Morgan fingerprint density at radius 2 is 2.00 bits per heavy atom. The van der Waals surface area contributed by atoms with Crippen LogP contribution in [0.2, 0.25) is 0 Å². The fourth-order valence-electron chi connectivity index (χ4n) is 2.46. The number of ether oxygens (including phenoxy) is 1. The minimum atomic E-state index is -0.437. The summed E-state index contributed by atoms with van der Waals surface area (Å²) in [5.41, 5.74) is 8.69. The molecule has 0 radical (unpaired) electrons. The Labute approximate surface area is 159 Å². The summed E-state index contributed by atoms with van der Waals surface area (Å²) >= 11 is 3.39. The van der Waals surface area contributed by atoms with E-state index in [9.17, 15) is 4.79 Å². The third-order valence-corrected chi connectivity index (χ3v) is 4.37. The molecule has 0 unspecified atom stereocenters. The molecule has 0 spiro atoms. The molecule has 0 aliphatic heterocycles. The fraction of sp³-hybridized carbons (Fsp3) is 0.167. The highest BCUT2D eigenvalue weighted by Gasteiger charge is 2.19. The van der Waals surface area contributed by atoms with Crippen LogP contribution in [-0.4, -0.2) is 28.0 Å². The second kappa shape index (κ2) is 7.57. The zero-order valence-corrected chi connectivity index (χ0v) is 15.9. The number of carbonyl (C=O) groups excluding carboxylic acids is 1. The van der Waals surface area contributed by atoms with E-state index in [1.165, 1.54) is 4.68 Å². The smallest absolute Gasteiger partial charge is 0.280 e. The molecule has 0 bridgehead atoms. The Balaban J connectivity index is 1.80. The van der Waals surface area contributed by atoms with E-state index < -0.39 is 5.91 Å². The van der Waals surface area contributed by atoms with Gasteiger partial charge >= 0.3 is 0 Å². The number of benzene rings is 2. The Morgan fingerprint density at radius 1 is 1.27 bits per heavy atom. The molecule has 0 aliphatic rings. The third kappa shape index (κ3) is 3.85. The van der Waals surface area contributed by atoms with Gasteiger partial charge in [0.2, 0.25) is 0 Å². The van der Waals surface area contributed by atoms with Crippen LogP contribution in [0.15, 0.2) is 46.9 Å². The molecule has 26 heavy (non-hydrogen) atoms. The summed E-state index contributed by atoms with van der Waals surface area (Å²) in [5, 5.41) is 10.7. The molecule has 0 fully saturated rings. The van der Waals surface area contributed by atoms with Crippen molar-refractivity contribution in [2.24, 2.45) is 0 Å². The molecule has 7 nitrogen and oxygen atoms in total. The van der Waals surface area contributed by atoms with Crippen LogP contribution in [0.3, 0.4) is 0 Å². The SMILES string of the molecule is COc1ccc(C)cc1NC(=O)c1nnn(Cc2ccc(Br)cc2)c1N. The summed E-state index contributed by atoms with van der Waals surface area (Å²) in [7, 11) is 1.54. The van der Waals surface area contributed by atoms with Gasteiger partial charge in [0.1, 0.15) is 5.75 Å². The summed E-state index contributed by atoms with van der Waals surface area (Å²) in [5.74, 6) is 0.329. The lowest BCUT2D eigenvalue weighted by atomic mass is 10.2. The molecular formula is C18H18BrN5O2. The molecule has 8 heteroatoms. The number of aryl methyl sites for hydroxylation is 1. The highest BCUT2D eigenvalue weighted by molar-refractivity contribution is 9.10. The third-order valence-electron chi connectivity index (χ3n) is 3.84. The normalized spacial score (nSPS) is 10.6. The Hall–Kier alpha value is -2.87. The number of amides is 1. The van der Waals surface area contributed by atoms with Gasteiger partial charge < -0.3 is 15.8 Å². The zero-order chi connectivity index (χ0) is 18.7. The van der Waals surface area contributed by atoms with Crippen LogP contribution < -0.4 is 15.8 Å². The van der Waals surface area contributed by atoms with Crippen molar-refractivity contribution in [3.05, 3.63) is 63.8 Å². The number of nitrogens with zero attached hydrogens (tertiary/aromatic N) is 3. The minimum absolute atomic E-state index is 0.0747. The highest BCUT2D eigenvalue weighted by atomic mass is 79.9. The summed E-state index contributed by atoms with van der Waals surface area (Å²) in [6.45, 7) is 2.35. The number of halogens is 1. The lowest BCUT2D eigenvalue weighted by Crippen LogP contribution is -2.16. The summed E-state index contributed by atoms with van der Waals surface area (Å²) < 4.78 is 7.75. The fourth-order valence-corrected chi connectivity index (χ4v) is 2.73. The molecule has 1 aromatic heterocycles. The van der Waals surface area contributed by atoms with Gasteiger partial charge in [-0.1, -0.05) is 39.3 Å². The van der Waals surface area contributed by atoms with Crippen LogP contribution in [0, 0.1) is 6.92 Å². The number of aromatic nitrogens is 3. The first-order valence-electron chi connectivity index (χ1n) is 7.87. The van der Waals surface area contributed by atoms with E-state index in [4.69, 9.17) is 10.5 Å². The topological polar surface area (TPSA) is 95.1 Å². The number of rotatable bonds is 5. The Kier molecular flexibility index (Phi) is 5.22. The number of hydrogen-bond donors (Lipinski definition) is 2. The van der Waals surface area contributed by atoms with Crippen molar-refractivity contribution in [1.82, 2.24) is 15.0 Å². The molecule has 0 saturated heterocycles. The van der Waals surface area contributed by atoms with Gasteiger partial charge in [0.05, 0.1) is 19.3 Å². The largest absolute Gasteiger partial charge is 0.495 e. The number of nitrogen functional groups attached to an aromatic ring is 1. The monoisotopic (exact) mass is 415 g/mol. The minimum Gasteiger partial charge on any atom is -0.495 e. The maximum absolute atomic E-state index is 12.6. The van der Waals surface area contributed by atoms with Crippen LogP contribution >= 0.6 is 15.9 Å². The molecule has 2 aromatic carbocycles. The molecule has 0 saturated carbocycles. The van der Waals surface area contributed by atoms with Gasteiger partial charge in [-0.2, -0.15) is 0 Å². The maximum atomic E-state index is 12.6. The van der Waals surface area contributed by atoms with E-state index in [-0.39, 0.29) is 11.5 Å². The predicted molar refractivity (Wildman–Crippen MR) is 103 cm³/mol. The number of nitrogens with two attached hydrogens (primary N) is 1. The van der Waals surface area contributed by atoms with E-state index in [0.717, 1.165) is 15.6 Å². The van der Waals surface area contributed by atoms with Crippen molar-refractivity contribution in [1.29, 1.82) is 0 Å². The van der Waals surface area contributed by atoms with Crippen molar-refractivity contribution in [3.63, 3.8) is 0 Å². The van der Waals surface area contributed by atoms with Crippen molar-refractivity contribution in [2.75, 3.05) is 18.2 Å². The van der Waals surface area contributed by atoms with E-state index in [1.807, 2.05) is 43.3 Å². The molecule has 0 aliphatic carbocycles. The number of nitrogens with one attached hydrogen (secondary N) is 1. The molecule has 134 valence electrons. The van der Waals surface area contributed by atoms with Gasteiger partial charge in [-0.3, -0.25) is 4.79 Å². The quantitative estimate of drug-likeness (QED) is 0.666. The molecule has 1 amide bonds. The van der Waals surface area contributed by atoms with Gasteiger partial charge in [-0.05, 0) is 42.3 Å². The first-order valence-corrected chi connectivity index (χ1v) is 8.66. The van der Waals surface area contributed by atoms with Gasteiger partial charge in [0, 0.05) is 4.47 Å². The van der Waals surface area contributed by atoms with Crippen molar-refractivity contribution >= 4 is 33.3 Å². The second-order valence-electron chi connectivity index (χ2n) is 5.77. The van der Waals surface area contributed by atoms with Crippen LogP contribution in [0.1, 0.15) is 21.6 Å². The van der Waals surface area contributed by atoms with Gasteiger partial charge in [-0.25, -0.2) is 4.68 Å². The average molecular weight is 416 g/mol. The molecule has 3 rings (SSSR count). The number of methoxy groups -OCH3 is 1. The highest BCUT2D eigenvalue weighted by Crippen LogP contribution is 2.26. The molecule has 3 N–H and O–H groups in total. The lowest BCUT2D eigenvalue weighted by Gasteiger charge is -2.10. The van der Waals surface area contributed by atoms with Gasteiger partial charge in [0.15, 0.2) is 11.5 Å². The van der Waals surface area contributed by atoms with Crippen LogP contribution in [-0.2, 0) is 6.54 Å². The van der Waals surface area contributed by atoms with E-state index in [1.54, 1.807) is 13.2 Å². The number of anilines is 2. The van der Waals surface area contributed by atoms with Crippen molar-refractivity contribution < 1.29 is 9.53 Å². The van der Waals surface area contributed by atoms with E-state index in [0.29, 0.717) is 18.0 Å². The first-order chi connectivity index (χ1) is 12.5. The Bertz CT molecular complexity index is 937. The standard InChI is InChI=1S/C18H18BrN5O2/c1-11-3-8-15(26-2)14(9-11)21-18(25)16-17(20)24(23-22-16)10-12-4-6-13(19)7-5-12/h3-9H,10,20H2,1-2H3,(H,21,25). The van der Waals surface area contributed by atoms with Crippen LogP contribution in [0.5, 0.6) is 5.75 Å². The second-order valence-corrected chi connectivity index (χ2v) is 6.68. The maximum Gasteiger partial charge on any atom is 0.280 e. The van der Waals surface area contributed by atoms with Crippen LogP contribution in [0.4, 0.5) is 11.5 Å². The molecule has 3 aromatic rings.